The Hall–Kier alpha value is -0.520. The van der Waals surface area contributed by atoms with E-state index in [1.54, 1.807) is 22.7 Å². The molecule has 0 atom stereocenters. The Morgan fingerprint density at radius 2 is 1.21 bits per heavy atom. The molecule has 4 heteroatoms. The molecule has 0 aliphatic carbocycles. The summed E-state index contributed by atoms with van der Waals surface area (Å²) in [5, 5.41) is 0. The van der Waals surface area contributed by atoms with Crippen molar-refractivity contribution in [3.8, 4) is 33.4 Å². The molecule has 0 saturated heterocycles. The van der Waals surface area contributed by atoms with E-state index in [1.807, 2.05) is 0 Å². The van der Waals surface area contributed by atoms with Gasteiger partial charge in [-0.05, 0) is 56.8 Å². The molecule has 0 radical (unpaired) electrons. The highest BCUT2D eigenvalue weighted by molar-refractivity contribution is 9.11. The molecule has 2 aromatic heterocycles. The fourth-order valence-electron chi connectivity index (χ4n) is 2.09. The Kier molecular flexibility index (Phi) is 8.63. The summed E-state index contributed by atoms with van der Waals surface area (Å²) >= 11 is 10.7. The van der Waals surface area contributed by atoms with Crippen molar-refractivity contribution >= 4 is 54.5 Å². The van der Waals surface area contributed by atoms with Gasteiger partial charge < -0.3 is 0 Å². The molecular weight excluding hydrogens is 464 g/mol. The lowest BCUT2D eigenvalue weighted by Crippen LogP contribution is -1.78. The Morgan fingerprint density at radius 3 is 1.58 bits per heavy atom. The lowest BCUT2D eigenvalue weighted by atomic mass is 10.1. The van der Waals surface area contributed by atoms with Gasteiger partial charge in [0.15, 0.2) is 0 Å². The van der Waals surface area contributed by atoms with Gasteiger partial charge in [-0.15, -0.1) is 22.7 Å². The van der Waals surface area contributed by atoms with Gasteiger partial charge in [0, 0.05) is 24.0 Å². The minimum absolute atomic E-state index is 0.960. The van der Waals surface area contributed by atoms with Gasteiger partial charge in [0.2, 0.25) is 0 Å². The van der Waals surface area contributed by atoms with Crippen molar-refractivity contribution in [2.45, 2.75) is 52.4 Å². The number of hydrogen-bond acceptors (Lipinski definition) is 2. The third-order valence-corrected chi connectivity index (χ3v) is 6.81. The Morgan fingerprint density at radius 1 is 0.792 bits per heavy atom. The lowest BCUT2D eigenvalue weighted by molar-refractivity contribution is 0.828. The molecule has 2 heterocycles. The summed E-state index contributed by atoms with van der Waals surface area (Å²) in [6.45, 7) is 4.39. The Balaban J connectivity index is 2.33. The van der Waals surface area contributed by atoms with Crippen molar-refractivity contribution in [1.29, 1.82) is 0 Å². The van der Waals surface area contributed by atoms with E-state index in [9.17, 15) is 0 Å². The molecule has 0 bridgehead atoms. The predicted octanol–water partition coefficient (Wildman–Crippen LogP) is 8.09. The van der Waals surface area contributed by atoms with E-state index < -0.39 is 0 Å². The van der Waals surface area contributed by atoms with Crippen molar-refractivity contribution in [3.05, 3.63) is 30.8 Å². The SMILES string of the molecule is CCCCC#Cc1cc(Br)sc1-c1sc(Br)cc1C#CCCCC. The van der Waals surface area contributed by atoms with Gasteiger partial charge in [0.05, 0.1) is 17.3 Å². The zero-order chi connectivity index (χ0) is 17.4. The highest BCUT2D eigenvalue weighted by Crippen LogP contribution is 2.42. The minimum atomic E-state index is 0.960. The van der Waals surface area contributed by atoms with Crippen molar-refractivity contribution in [1.82, 2.24) is 0 Å². The average Bonchev–Trinajstić information content (AvgIpc) is 3.10. The van der Waals surface area contributed by atoms with Gasteiger partial charge in [-0.3, -0.25) is 0 Å². The fraction of sp³-hybridized carbons (Fsp3) is 0.400. The molecule has 0 aliphatic heterocycles. The predicted molar refractivity (Wildman–Crippen MR) is 116 cm³/mol. The van der Waals surface area contributed by atoms with Crippen LogP contribution in [0.5, 0.6) is 0 Å². The van der Waals surface area contributed by atoms with Gasteiger partial charge in [-0.1, -0.05) is 50.4 Å². The maximum Gasteiger partial charge on any atom is 0.0718 e. The standard InChI is InChI=1S/C20H20Br2S2/c1-3-5-7-9-11-15-13-17(21)23-19(15)20-16(14-18(22)24-20)12-10-8-6-4-2/h13-14H,3-8H2,1-2H3. The molecule has 0 spiro atoms. The third-order valence-electron chi connectivity index (χ3n) is 3.37. The summed E-state index contributed by atoms with van der Waals surface area (Å²) < 4.78 is 2.23. The fourth-order valence-corrected chi connectivity index (χ4v) is 5.36. The van der Waals surface area contributed by atoms with Crippen LogP contribution in [0.4, 0.5) is 0 Å². The monoisotopic (exact) mass is 482 g/mol. The van der Waals surface area contributed by atoms with Crippen LogP contribution in [-0.2, 0) is 0 Å². The number of rotatable bonds is 5. The van der Waals surface area contributed by atoms with E-state index in [2.05, 4.69) is 81.5 Å². The first-order valence-electron chi connectivity index (χ1n) is 8.22. The van der Waals surface area contributed by atoms with E-state index >= 15 is 0 Å². The Labute approximate surface area is 170 Å². The van der Waals surface area contributed by atoms with Gasteiger partial charge in [0.1, 0.15) is 0 Å². The summed E-state index contributed by atoms with van der Waals surface area (Å²) in [6.07, 6.45) is 6.61. The maximum absolute atomic E-state index is 3.62. The van der Waals surface area contributed by atoms with Crippen LogP contribution >= 0.6 is 54.5 Å². The molecule has 0 amide bonds. The summed E-state index contributed by atoms with van der Waals surface area (Å²) in [7, 11) is 0. The number of halogens is 2. The van der Waals surface area contributed by atoms with Gasteiger partial charge in [0.25, 0.3) is 0 Å². The van der Waals surface area contributed by atoms with Gasteiger partial charge in [-0.25, -0.2) is 0 Å². The van der Waals surface area contributed by atoms with E-state index in [4.69, 9.17) is 0 Å². The van der Waals surface area contributed by atoms with Crippen molar-refractivity contribution in [2.24, 2.45) is 0 Å². The van der Waals surface area contributed by atoms with E-state index in [1.165, 1.54) is 22.6 Å². The normalized spacial score (nSPS) is 10.0. The highest BCUT2D eigenvalue weighted by atomic mass is 79.9. The van der Waals surface area contributed by atoms with Crippen LogP contribution in [0.3, 0.4) is 0 Å². The second-order valence-electron chi connectivity index (χ2n) is 5.40. The van der Waals surface area contributed by atoms with Crippen LogP contribution in [-0.4, -0.2) is 0 Å². The number of thiophene rings is 2. The zero-order valence-electron chi connectivity index (χ0n) is 14.0. The molecule has 2 rings (SSSR count). The lowest BCUT2D eigenvalue weighted by Gasteiger charge is -1.96. The van der Waals surface area contributed by atoms with Crippen LogP contribution in [0.25, 0.3) is 9.75 Å². The smallest absolute Gasteiger partial charge is 0.0718 e. The van der Waals surface area contributed by atoms with Crippen LogP contribution in [0.1, 0.15) is 63.5 Å². The molecular formula is C20H20Br2S2. The highest BCUT2D eigenvalue weighted by Gasteiger charge is 2.15. The summed E-state index contributed by atoms with van der Waals surface area (Å²) in [6, 6.07) is 4.25. The van der Waals surface area contributed by atoms with E-state index in [-0.39, 0.29) is 0 Å². The summed E-state index contributed by atoms with van der Waals surface area (Å²) in [5.41, 5.74) is 2.21. The van der Waals surface area contributed by atoms with Crippen LogP contribution < -0.4 is 0 Å². The Bertz CT molecular complexity index is 723. The zero-order valence-corrected chi connectivity index (χ0v) is 18.8. The molecule has 0 aromatic carbocycles. The van der Waals surface area contributed by atoms with Crippen LogP contribution in [0.2, 0.25) is 0 Å². The van der Waals surface area contributed by atoms with Crippen molar-refractivity contribution in [3.63, 3.8) is 0 Å². The largest absolute Gasteiger partial charge is 0.126 e. The first kappa shape index (κ1) is 19.8. The second-order valence-corrected chi connectivity index (χ2v) is 10.3. The maximum atomic E-state index is 3.62. The molecule has 0 N–H and O–H groups in total. The van der Waals surface area contributed by atoms with Crippen molar-refractivity contribution < 1.29 is 0 Å². The summed E-state index contributed by atoms with van der Waals surface area (Å²) in [4.78, 5) is 2.45. The van der Waals surface area contributed by atoms with Crippen molar-refractivity contribution in [2.75, 3.05) is 0 Å². The number of unbranched alkanes of at least 4 members (excludes halogenated alkanes) is 4. The quantitative estimate of drug-likeness (QED) is 0.297. The van der Waals surface area contributed by atoms with E-state index in [0.29, 0.717) is 0 Å². The van der Waals surface area contributed by atoms with Crippen LogP contribution in [0.15, 0.2) is 19.7 Å². The second kappa shape index (κ2) is 10.5. The van der Waals surface area contributed by atoms with E-state index in [0.717, 1.165) is 44.4 Å². The molecule has 2 aromatic rings. The molecule has 24 heavy (non-hydrogen) atoms. The molecule has 0 unspecified atom stereocenters. The molecule has 0 aliphatic rings. The minimum Gasteiger partial charge on any atom is -0.126 e. The first-order valence-corrected chi connectivity index (χ1v) is 11.4. The first-order chi connectivity index (χ1) is 11.7. The summed E-state index contributed by atoms with van der Waals surface area (Å²) in [5.74, 6) is 13.3. The topological polar surface area (TPSA) is 0 Å². The number of hydrogen-bond donors (Lipinski definition) is 0. The molecule has 126 valence electrons. The molecule has 0 fully saturated rings. The molecule has 0 nitrogen and oxygen atoms in total. The van der Waals surface area contributed by atoms with Crippen LogP contribution in [0, 0.1) is 23.7 Å². The third kappa shape index (κ3) is 5.78. The van der Waals surface area contributed by atoms with Gasteiger partial charge >= 0.3 is 0 Å². The average molecular weight is 484 g/mol. The molecule has 0 saturated carbocycles. The van der Waals surface area contributed by atoms with Gasteiger partial charge in [-0.2, -0.15) is 0 Å².